The second-order valence-electron chi connectivity index (χ2n) is 9.81. The number of aromatic nitrogens is 3. The van der Waals surface area contributed by atoms with Crippen molar-refractivity contribution in [2.75, 3.05) is 6.61 Å². The highest BCUT2D eigenvalue weighted by atomic mass is 79.9. The van der Waals surface area contributed by atoms with Gasteiger partial charge in [-0.3, -0.25) is 4.79 Å². The Morgan fingerprint density at radius 3 is 2.76 bits per heavy atom. The van der Waals surface area contributed by atoms with Gasteiger partial charge in [0.1, 0.15) is 17.7 Å². The van der Waals surface area contributed by atoms with Gasteiger partial charge < -0.3 is 14.2 Å². The number of nitrogens with zero attached hydrogens (tertiary/aromatic N) is 3. The summed E-state index contributed by atoms with van der Waals surface area (Å²) in [7, 11) is -1.18. The van der Waals surface area contributed by atoms with E-state index in [4.69, 9.17) is 32.5 Å². The minimum Gasteiger partial charge on any atom is -0.363 e. The highest BCUT2D eigenvalue weighted by Crippen LogP contribution is 2.34. The van der Waals surface area contributed by atoms with Gasteiger partial charge in [-0.1, -0.05) is 52.7 Å². The Morgan fingerprint density at radius 2 is 2.12 bits per heavy atom. The Bertz CT molecular complexity index is 1210. The largest absolute Gasteiger partial charge is 0.363 e. The molecule has 0 radical (unpaired) electrons. The van der Waals surface area contributed by atoms with E-state index in [2.05, 4.69) is 45.8 Å². The molecule has 1 atom stereocenters. The first kappa shape index (κ1) is 25.4. The molecule has 0 saturated carbocycles. The van der Waals surface area contributed by atoms with Crippen molar-refractivity contribution in [3.05, 3.63) is 55.8 Å². The predicted octanol–water partition coefficient (Wildman–Crippen LogP) is 5.93. The zero-order valence-electron chi connectivity index (χ0n) is 19.6. The molecule has 7 nitrogen and oxygen atoms in total. The average Bonchev–Trinajstić information content (AvgIpc) is 3.34. The van der Waals surface area contributed by atoms with Crippen LogP contribution in [0.5, 0.6) is 0 Å². The summed E-state index contributed by atoms with van der Waals surface area (Å²) >= 11 is 15.7. The van der Waals surface area contributed by atoms with Crippen molar-refractivity contribution in [3.63, 3.8) is 0 Å². The Labute approximate surface area is 218 Å². The molecule has 0 aliphatic carbocycles. The summed E-state index contributed by atoms with van der Waals surface area (Å²) in [6.07, 6.45) is 2.22. The number of carbonyl (C=O) groups is 1. The van der Waals surface area contributed by atoms with Crippen LogP contribution in [0.2, 0.25) is 35.7 Å². The van der Waals surface area contributed by atoms with Gasteiger partial charge in [-0.2, -0.15) is 5.10 Å². The highest BCUT2D eigenvalue weighted by molar-refractivity contribution is 9.10. The number of H-pyrrole nitrogens is 1. The Balaban J connectivity index is 1.64. The van der Waals surface area contributed by atoms with Gasteiger partial charge in [-0.15, -0.1) is 0 Å². The molecule has 0 bridgehead atoms. The number of halogens is 3. The molecular formula is C23H28BrCl2N4O3Si+. The van der Waals surface area contributed by atoms with Gasteiger partial charge in [0.15, 0.2) is 0 Å². The predicted molar refractivity (Wildman–Crippen MR) is 138 cm³/mol. The first-order chi connectivity index (χ1) is 16.0. The number of carbonyl (C=O) groups excluding carboxylic acids is 1. The molecule has 4 rings (SSSR count). The zero-order chi connectivity index (χ0) is 24.6. The monoisotopic (exact) mass is 585 g/mol. The van der Waals surface area contributed by atoms with Crippen LogP contribution in [0.1, 0.15) is 28.5 Å². The third-order valence-electron chi connectivity index (χ3n) is 5.98. The molecule has 1 N–H and O–H groups in total. The van der Waals surface area contributed by atoms with Crippen LogP contribution in [-0.2, 0) is 24.4 Å². The summed E-state index contributed by atoms with van der Waals surface area (Å²) in [4.78, 5) is 15.3. The summed E-state index contributed by atoms with van der Waals surface area (Å²) in [6, 6.07) is 6.05. The maximum atomic E-state index is 13.4. The first-order valence-corrected chi connectivity index (χ1v) is 16.4. The molecule has 1 aliphatic rings. The molecule has 2 aromatic heterocycles. The lowest BCUT2D eigenvalue weighted by Crippen LogP contribution is -2.48. The SMILES string of the molecule is C[C@@H]1Cc2c(c(-c3nocc3Br)[nH][n+]2COCC[Si](C)(C)C)CN1C(=O)c1ccc(Cl)c(Cl)c1. The van der Waals surface area contributed by atoms with E-state index in [1.165, 1.54) is 0 Å². The number of benzene rings is 1. The summed E-state index contributed by atoms with van der Waals surface area (Å²) in [5, 5.41) is 8.39. The minimum absolute atomic E-state index is 0.0212. The van der Waals surface area contributed by atoms with Crippen molar-refractivity contribution in [1.82, 2.24) is 15.2 Å². The van der Waals surface area contributed by atoms with Crippen LogP contribution in [0.4, 0.5) is 0 Å². The van der Waals surface area contributed by atoms with E-state index < -0.39 is 8.07 Å². The van der Waals surface area contributed by atoms with Gasteiger partial charge in [-0.25, -0.2) is 0 Å². The van der Waals surface area contributed by atoms with Crippen molar-refractivity contribution in [2.24, 2.45) is 0 Å². The lowest BCUT2D eigenvalue weighted by molar-refractivity contribution is -0.787. The molecule has 1 aliphatic heterocycles. The summed E-state index contributed by atoms with van der Waals surface area (Å²) in [6.45, 7) is 10.6. The molecule has 1 aromatic carbocycles. The van der Waals surface area contributed by atoms with Crippen LogP contribution < -0.4 is 4.68 Å². The number of hydrogen-bond donors (Lipinski definition) is 1. The van der Waals surface area contributed by atoms with E-state index in [0.717, 1.165) is 34.1 Å². The van der Waals surface area contributed by atoms with Crippen molar-refractivity contribution < 1.29 is 18.7 Å². The van der Waals surface area contributed by atoms with Crippen molar-refractivity contribution in [1.29, 1.82) is 0 Å². The molecule has 0 spiro atoms. The minimum atomic E-state index is -1.18. The maximum Gasteiger partial charge on any atom is 0.276 e. The van der Waals surface area contributed by atoms with E-state index in [1.807, 2.05) is 16.5 Å². The second kappa shape index (κ2) is 10.1. The molecule has 3 heterocycles. The molecule has 0 fully saturated rings. The molecule has 1 amide bonds. The Kier molecular flexibility index (Phi) is 7.59. The van der Waals surface area contributed by atoms with Gasteiger partial charge in [0, 0.05) is 19.7 Å². The summed E-state index contributed by atoms with van der Waals surface area (Å²) in [5.41, 5.74) is 4.07. The number of aromatic amines is 1. The van der Waals surface area contributed by atoms with Crippen LogP contribution in [0.3, 0.4) is 0 Å². The molecule has 34 heavy (non-hydrogen) atoms. The van der Waals surface area contributed by atoms with Crippen LogP contribution in [0.25, 0.3) is 11.4 Å². The maximum absolute atomic E-state index is 13.4. The number of nitrogens with one attached hydrogen (secondary N) is 1. The molecule has 3 aromatic rings. The normalized spacial score (nSPS) is 16.1. The topological polar surface area (TPSA) is 75.2 Å². The number of fused-ring (bicyclic) bond motifs is 1. The van der Waals surface area contributed by atoms with Crippen LogP contribution >= 0.6 is 39.1 Å². The van der Waals surface area contributed by atoms with Crippen LogP contribution in [0.15, 0.2) is 33.5 Å². The van der Waals surface area contributed by atoms with Crippen molar-refractivity contribution >= 4 is 53.1 Å². The Morgan fingerprint density at radius 1 is 1.35 bits per heavy atom. The fourth-order valence-electron chi connectivity index (χ4n) is 3.99. The zero-order valence-corrected chi connectivity index (χ0v) is 23.7. The van der Waals surface area contributed by atoms with Crippen molar-refractivity contribution in [2.45, 2.75) is 58.3 Å². The van der Waals surface area contributed by atoms with E-state index in [9.17, 15) is 4.79 Å². The number of hydrogen-bond acceptors (Lipinski definition) is 4. The molecule has 182 valence electrons. The molecule has 0 saturated heterocycles. The number of rotatable bonds is 7. The lowest BCUT2D eigenvalue weighted by atomic mass is 9.97. The third-order valence-corrected chi connectivity index (χ3v) is 8.99. The van der Waals surface area contributed by atoms with Gasteiger partial charge >= 0.3 is 0 Å². The number of ether oxygens (including phenoxy) is 1. The quantitative estimate of drug-likeness (QED) is 0.212. The van der Waals surface area contributed by atoms with E-state index in [0.29, 0.717) is 41.0 Å². The highest BCUT2D eigenvalue weighted by Gasteiger charge is 2.38. The van der Waals surface area contributed by atoms with E-state index in [-0.39, 0.29) is 11.9 Å². The van der Waals surface area contributed by atoms with Gasteiger partial charge in [0.2, 0.25) is 5.69 Å². The lowest BCUT2D eigenvalue weighted by Gasteiger charge is -2.32. The van der Waals surface area contributed by atoms with Gasteiger partial charge in [0.25, 0.3) is 12.6 Å². The van der Waals surface area contributed by atoms with E-state index in [1.54, 1.807) is 24.5 Å². The van der Waals surface area contributed by atoms with Crippen molar-refractivity contribution in [3.8, 4) is 11.4 Å². The molecule has 0 unspecified atom stereocenters. The average molecular weight is 587 g/mol. The fourth-order valence-corrected chi connectivity index (χ4v) is 5.40. The summed E-state index contributed by atoms with van der Waals surface area (Å²) < 4.78 is 14.0. The molecular weight excluding hydrogens is 559 g/mol. The van der Waals surface area contributed by atoms with Gasteiger partial charge in [0.05, 0.1) is 39.7 Å². The number of amides is 1. The van der Waals surface area contributed by atoms with E-state index >= 15 is 0 Å². The first-order valence-electron chi connectivity index (χ1n) is 11.1. The third kappa shape index (κ3) is 5.43. The van der Waals surface area contributed by atoms with Crippen LogP contribution in [-0.4, -0.2) is 41.8 Å². The Hall–Kier alpha value is -1.65. The fraction of sp³-hybridized carbons (Fsp3) is 0.435. The smallest absolute Gasteiger partial charge is 0.276 e. The standard InChI is InChI=1S/C23H27BrCl2N4O3Si/c1-14-9-20-16(11-29(14)23(31)15-5-6-18(25)19(26)10-15)21(22-17(24)12-33-28-22)27-30(20)13-32-7-8-34(2,3)4/h5-6,10,12,14H,7-9,11,13H2,1-4H3/p+1/t14-/m1/s1. The second-order valence-corrected chi connectivity index (χ2v) is 17.1. The summed E-state index contributed by atoms with van der Waals surface area (Å²) in [5.74, 6) is -0.0963. The van der Waals surface area contributed by atoms with Crippen LogP contribution in [0, 0.1) is 0 Å². The molecule has 11 heteroatoms. The van der Waals surface area contributed by atoms with Gasteiger partial charge in [-0.05, 0) is 47.1 Å².